The summed E-state index contributed by atoms with van der Waals surface area (Å²) in [5.74, 6) is 0. The molecule has 2 aromatic carbocycles. The van der Waals surface area contributed by atoms with E-state index in [0.29, 0.717) is 6.04 Å². The van der Waals surface area contributed by atoms with Gasteiger partial charge in [-0.2, -0.15) is 0 Å². The van der Waals surface area contributed by atoms with Crippen LogP contribution in [0.25, 0.3) is 28.2 Å². The first-order valence-corrected chi connectivity index (χ1v) is 15.0. The Hall–Kier alpha value is -2.66. The number of aromatic nitrogens is 1. The third-order valence-electron chi connectivity index (χ3n) is 8.17. The van der Waals surface area contributed by atoms with Crippen LogP contribution >= 0.6 is 11.6 Å². The molecule has 208 valence electrons. The molecule has 5 rings (SSSR count). The molecule has 0 amide bonds. The van der Waals surface area contributed by atoms with Gasteiger partial charge in [-0.25, -0.2) is 4.98 Å². The summed E-state index contributed by atoms with van der Waals surface area (Å²) in [7, 11) is 2.19. The summed E-state index contributed by atoms with van der Waals surface area (Å²) in [6.07, 6.45) is 8.19. The van der Waals surface area contributed by atoms with Crippen LogP contribution < -0.4 is 0 Å². The lowest BCUT2D eigenvalue weighted by Crippen LogP contribution is -2.43. The van der Waals surface area contributed by atoms with Crippen LogP contribution in [0, 0.1) is 0 Å². The topological polar surface area (TPSA) is 22.6 Å². The van der Waals surface area contributed by atoms with Gasteiger partial charge < -0.3 is 9.80 Å². The van der Waals surface area contributed by atoms with E-state index in [-0.39, 0.29) is 0 Å². The van der Waals surface area contributed by atoms with Crippen molar-refractivity contribution in [2.45, 2.75) is 52.0 Å². The SMILES string of the molecule is C=C(CCCC)N1CCN(C)CC1.C=Cc1ccc2c(Cl)cc(-c3ccc(C(C)N4CCCC4)cc3)nc2c1. The second kappa shape index (κ2) is 14.1. The molecular formula is C34H45ClN4. The van der Waals surface area contributed by atoms with Crippen molar-refractivity contribution < 1.29 is 0 Å². The molecule has 0 aliphatic carbocycles. The molecule has 2 fully saturated rings. The van der Waals surface area contributed by atoms with Crippen molar-refractivity contribution in [3.63, 3.8) is 0 Å². The van der Waals surface area contributed by atoms with E-state index in [2.05, 4.69) is 73.0 Å². The molecule has 3 aromatic rings. The van der Waals surface area contributed by atoms with E-state index in [1.54, 1.807) is 0 Å². The minimum atomic E-state index is 0.467. The van der Waals surface area contributed by atoms with E-state index in [4.69, 9.17) is 16.6 Å². The average molecular weight is 545 g/mol. The maximum atomic E-state index is 6.50. The maximum absolute atomic E-state index is 6.50. The van der Waals surface area contributed by atoms with Gasteiger partial charge in [0.1, 0.15) is 0 Å². The van der Waals surface area contributed by atoms with E-state index in [1.807, 2.05) is 30.3 Å². The van der Waals surface area contributed by atoms with Gasteiger partial charge in [-0.3, -0.25) is 4.90 Å². The first-order chi connectivity index (χ1) is 18.9. The van der Waals surface area contributed by atoms with Crippen molar-refractivity contribution in [3.8, 4) is 11.3 Å². The van der Waals surface area contributed by atoms with Gasteiger partial charge in [0.05, 0.1) is 16.2 Å². The van der Waals surface area contributed by atoms with Crippen molar-refractivity contribution in [2.75, 3.05) is 46.3 Å². The van der Waals surface area contributed by atoms with Crippen molar-refractivity contribution in [3.05, 3.63) is 83.5 Å². The molecule has 39 heavy (non-hydrogen) atoms. The van der Waals surface area contributed by atoms with Crippen molar-refractivity contribution in [2.24, 2.45) is 0 Å². The number of nitrogens with zero attached hydrogens (tertiary/aromatic N) is 4. The summed E-state index contributed by atoms with van der Waals surface area (Å²) in [4.78, 5) is 12.2. The molecule has 0 saturated carbocycles. The van der Waals surface area contributed by atoms with Crippen LogP contribution in [-0.4, -0.2) is 66.0 Å². The highest BCUT2D eigenvalue weighted by Crippen LogP contribution is 2.31. The Morgan fingerprint density at radius 1 is 1.00 bits per heavy atom. The summed E-state index contributed by atoms with van der Waals surface area (Å²) in [6, 6.07) is 17.2. The number of unbranched alkanes of at least 4 members (excludes halogenated alkanes) is 1. The molecule has 0 spiro atoms. The van der Waals surface area contributed by atoms with E-state index in [9.17, 15) is 0 Å². The Morgan fingerprint density at radius 2 is 1.69 bits per heavy atom. The Morgan fingerprint density at radius 3 is 2.33 bits per heavy atom. The van der Waals surface area contributed by atoms with Gasteiger partial charge in [-0.15, -0.1) is 0 Å². The number of benzene rings is 2. The Labute approximate surface area is 241 Å². The minimum absolute atomic E-state index is 0.467. The normalized spacial score (nSPS) is 17.1. The molecule has 5 heteroatoms. The van der Waals surface area contributed by atoms with Gasteiger partial charge in [0.2, 0.25) is 0 Å². The summed E-state index contributed by atoms with van der Waals surface area (Å²) < 4.78 is 0. The summed E-state index contributed by atoms with van der Waals surface area (Å²) in [6.45, 7) is 19.6. The molecule has 2 saturated heterocycles. The molecule has 1 unspecified atom stereocenters. The zero-order chi connectivity index (χ0) is 27.8. The Kier molecular flexibility index (Phi) is 10.6. The molecule has 2 aliphatic heterocycles. The van der Waals surface area contributed by atoms with Gasteiger partial charge in [0, 0.05) is 48.9 Å². The van der Waals surface area contributed by atoms with Gasteiger partial charge in [0.25, 0.3) is 0 Å². The zero-order valence-corrected chi connectivity index (χ0v) is 24.9. The number of piperazine rings is 1. The second-order valence-corrected chi connectivity index (χ2v) is 11.4. The first-order valence-electron chi connectivity index (χ1n) is 14.6. The molecule has 0 bridgehead atoms. The highest BCUT2D eigenvalue weighted by atomic mass is 35.5. The molecule has 1 aromatic heterocycles. The average Bonchev–Trinajstić information content (AvgIpc) is 3.51. The molecule has 2 aliphatic rings. The van der Waals surface area contributed by atoms with Crippen LogP contribution in [0.1, 0.15) is 63.1 Å². The second-order valence-electron chi connectivity index (χ2n) is 11.0. The number of allylic oxidation sites excluding steroid dienone is 1. The fraction of sp³-hybridized carbons (Fsp3) is 0.441. The zero-order valence-electron chi connectivity index (χ0n) is 24.1. The van der Waals surface area contributed by atoms with Gasteiger partial charge in [0.15, 0.2) is 0 Å². The van der Waals surface area contributed by atoms with Crippen LogP contribution in [0.4, 0.5) is 0 Å². The minimum Gasteiger partial charge on any atom is -0.373 e. The fourth-order valence-electron chi connectivity index (χ4n) is 5.41. The Bertz CT molecular complexity index is 1240. The van der Waals surface area contributed by atoms with E-state index >= 15 is 0 Å². The Balaban J connectivity index is 0.000000229. The van der Waals surface area contributed by atoms with Crippen molar-refractivity contribution in [1.29, 1.82) is 0 Å². The highest BCUT2D eigenvalue weighted by Gasteiger charge is 2.19. The summed E-state index contributed by atoms with van der Waals surface area (Å²) in [5, 5.41) is 1.70. The van der Waals surface area contributed by atoms with E-state index < -0.39 is 0 Å². The number of hydrogen-bond donors (Lipinski definition) is 0. The van der Waals surface area contributed by atoms with Gasteiger partial charge in [-0.05, 0) is 76.0 Å². The number of pyridine rings is 1. The quantitative estimate of drug-likeness (QED) is 0.284. The lowest BCUT2D eigenvalue weighted by atomic mass is 10.0. The first kappa shape index (κ1) is 29.3. The van der Waals surface area contributed by atoms with Crippen molar-refractivity contribution in [1.82, 2.24) is 19.7 Å². The molecule has 4 nitrogen and oxygen atoms in total. The van der Waals surface area contributed by atoms with Crippen LogP contribution in [0.3, 0.4) is 0 Å². The molecule has 0 radical (unpaired) electrons. The van der Waals surface area contributed by atoms with E-state index in [1.165, 1.54) is 82.6 Å². The number of hydrogen-bond acceptors (Lipinski definition) is 4. The lowest BCUT2D eigenvalue weighted by Gasteiger charge is -2.35. The smallest absolute Gasteiger partial charge is 0.0730 e. The third-order valence-corrected chi connectivity index (χ3v) is 8.48. The van der Waals surface area contributed by atoms with Crippen LogP contribution in [-0.2, 0) is 0 Å². The standard InChI is InChI=1S/C23H23ClN2.C11H22N2/c1-3-17-6-11-20-21(24)15-22(25-23(20)14-17)19-9-7-18(8-10-19)16(2)26-12-4-5-13-26;1-4-5-6-11(2)13-9-7-12(3)8-10-13/h3,6-11,14-16H,1,4-5,12-13H2,2H3;2,4-10H2,1,3H3. The molecule has 1 atom stereocenters. The predicted octanol–water partition coefficient (Wildman–Crippen LogP) is 8.29. The van der Waals surface area contributed by atoms with Crippen LogP contribution in [0.2, 0.25) is 5.02 Å². The highest BCUT2D eigenvalue weighted by molar-refractivity contribution is 6.35. The van der Waals surface area contributed by atoms with Crippen molar-refractivity contribution >= 4 is 28.6 Å². The number of likely N-dealkylation sites (N-methyl/N-ethyl adjacent to an activating group) is 1. The monoisotopic (exact) mass is 544 g/mol. The number of likely N-dealkylation sites (tertiary alicyclic amines) is 1. The largest absolute Gasteiger partial charge is 0.373 e. The third kappa shape index (κ3) is 7.72. The number of halogens is 1. The molecule has 3 heterocycles. The summed E-state index contributed by atoms with van der Waals surface area (Å²) >= 11 is 6.50. The van der Waals surface area contributed by atoms with Crippen LogP contribution in [0.5, 0.6) is 0 Å². The molecule has 0 N–H and O–H groups in total. The maximum Gasteiger partial charge on any atom is 0.0730 e. The fourth-order valence-corrected chi connectivity index (χ4v) is 5.67. The van der Waals surface area contributed by atoms with Crippen LogP contribution in [0.15, 0.2) is 67.4 Å². The summed E-state index contributed by atoms with van der Waals surface area (Å²) in [5.41, 5.74) is 6.65. The number of fused-ring (bicyclic) bond motifs is 1. The molecular weight excluding hydrogens is 500 g/mol. The lowest BCUT2D eigenvalue weighted by molar-refractivity contribution is 0.182. The van der Waals surface area contributed by atoms with Gasteiger partial charge >= 0.3 is 0 Å². The van der Waals surface area contributed by atoms with E-state index in [0.717, 1.165) is 32.7 Å². The number of rotatable bonds is 8. The van der Waals surface area contributed by atoms with Gasteiger partial charge in [-0.1, -0.05) is 80.6 Å². The predicted molar refractivity (Wildman–Crippen MR) is 169 cm³/mol.